The van der Waals surface area contributed by atoms with Crippen LogP contribution in [0.2, 0.25) is 5.02 Å². The number of thioether (sulfide) groups is 1. The van der Waals surface area contributed by atoms with E-state index in [0.717, 1.165) is 5.39 Å². The summed E-state index contributed by atoms with van der Waals surface area (Å²) in [5.41, 5.74) is 1.64. The molecule has 0 atom stereocenters. The first-order chi connectivity index (χ1) is 11.1. The number of aromatic nitrogens is 3. The number of rotatable bonds is 4. The molecule has 0 aliphatic heterocycles. The van der Waals surface area contributed by atoms with Gasteiger partial charge in [0.05, 0.1) is 16.9 Å². The van der Waals surface area contributed by atoms with Crippen molar-refractivity contribution in [1.29, 1.82) is 0 Å². The number of halogens is 1. The lowest BCUT2D eigenvalue weighted by atomic mass is 10.1. The predicted octanol–water partition coefficient (Wildman–Crippen LogP) is 3.23. The van der Waals surface area contributed by atoms with Gasteiger partial charge in [0.1, 0.15) is 18.2 Å². The van der Waals surface area contributed by atoms with Gasteiger partial charge in [0.15, 0.2) is 5.16 Å². The molecular weight excluding hydrogens is 338 g/mol. The average molecular weight is 350 g/mol. The standard InChI is InChI=1S/C15H12ClN3O3S/c1-22-19-7-10(8-4-3-5-11(16)13(8)19)12-9(14(20)21)6-17-15(18-12)23-2/h3-7H,1-2H3,(H,20,21). The molecule has 0 fully saturated rings. The second kappa shape index (κ2) is 6.10. The van der Waals surface area contributed by atoms with Crippen molar-refractivity contribution in [2.24, 2.45) is 0 Å². The van der Waals surface area contributed by atoms with Gasteiger partial charge in [-0.3, -0.25) is 0 Å². The second-order valence-corrected chi connectivity index (χ2v) is 5.79. The molecule has 3 aromatic rings. The maximum atomic E-state index is 11.5. The summed E-state index contributed by atoms with van der Waals surface area (Å²) in [7, 11) is 1.51. The van der Waals surface area contributed by atoms with Crippen molar-refractivity contribution in [2.75, 3.05) is 13.4 Å². The highest BCUT2D eigenvalue weighted by Gasteiger charge is 2.21. The van der Waals surface area contributed by atoms with Crippen molar-refractivity contribution in [3.8, 4) is 11.3 Å². The Balaban J connectivity index is 2.37. The zero-order chi connectivity index (χ0) is 16.6. The Morgan fingerprint density at radius 1 is 1.43 bits per heavy atom. The average Bonchev–Trinajstić information content (AvgIpc) is 2.94. The van der Waals surface area contributed by atoms with Crippen molar-refractivity contribution in [3.63, 3.8) is 0 Å². The van der Waals surface area contributed by atoms with Crippen molar-refractivity contribution in [2.45, 2.75) is 5.16 Å². The Hall–Kier alpha value is -2.25. The van der Waals surface area contributed by atoms with E-state index in [-0.39, 0.29) is 5.56 Å². The monoisotopic (exact) mass is 349 g/mol. The van der Waals surface area contributed by atoms with Crippen LogP contribution < -0.4 is 4.84 Å². The molecule has 1 aromatic carbocycles. The summed E-state index contributed by atoms with van der Waals surface area (Å²) >= 11 is 7.59. The van der Waals surface area contributed by atoms with Gasteiger partial charge in [0.25, 0.3) is 0 Å². The summed E-state index contributed by atoms with van der Waals surface area (Å²) in [5.74, 6) is -1.09. The van der Waals surface area contributed by atoms with Crippen molar-refractivity contribution < 1.29 is 14.7 Å². The van der Waals surface area contributed by atoms with E-state index in [2.05, 4.69) is 9.97 Å². The third-order valence-corrected chi connectivity index (χ3v) is 4.24. The van der Waals surface area contributed by atoms with Crippen LogP contribution in [0.15, 0.2) is 35.7 Å². The number of carboxylic acids is 1. The molecule has 0 radical (unpaired) electrons. The molecule has 118 valence electrons. The molecular formula is C15H12ClN3O3S. The lowest BCUT2D eigenvalue weighted by Gasteiger charge is -2.05. The molecule has 0 bridgehead atoms. The van der Waals surface area contributed by atoms with E-state index in [0.29, 0.717) is 27.0 Å². The van der Waals surface area contributed by atoms with Crippen LogP contribution in [0.3, 0.4) is 0 Å². The van der Waals surface area contributed by atoms with Gasteiger partial charge in [-0.15, -0.1) is 0 Å². The smallest absolute Gasteiger partial charge is 0.339 e. The number of para-hydroxylation sites is 1. The molecule has 8 heteroatoms. The van der Waals surface area contributed by atoms with E-state index in [1.807, 2.05) is 12.3 Å². The SMILES string of the molecule is COn1cc(-c2nc(SC)ncc2C(=O)O)c2cccc(Cl)c21. The van der Waals surface area contributed by atoms with Crippen LogP contribution in [0.1, 0.15) is 10.4 Å². The van der Waals surface area contributed by atoms with E-state index in [1.54, 1.807) is 18.3 Å². The molecule has 3 rings (SSSR count). The fourth-order valence-electron chi connectivity index (χ4n) is 2.37. The molecule has 0 amide bonds. The second-order valence-electron chi connectivity index (χ2n) is 4.61. The van der Waals surface area contributed by atoms with Crippen molar-refractivity contribution in [3.05, 3.63) is 41.2 Å². The normalized spacial score (nSPS) is 10.9. The van der Waals surface area contributed by atoms with Crippen LogP contribution in [-0.2, 0) is 0 Å². The largest absolute Gasteiger partial charge is 0.478 e. The number of hydrogen-bond acceptors (Lipinski definition) is 5. The number of fused-ring (bicyclic) bond motifs is 1. The fraction of sp³-hybridized carbons (Fsp3) is 0.133. The van der Waals surface area contributed by atoms with E-state index in [4.69, 9.17) is 16.4 Å². The van der Waals surface area contributed by atoms with Crippen molar-refractivity contribution >= 4 is 40.2 Å². The van der Waals surface area contributed by atoms with Crippen LogP contribution in [0.25, 0.3) is 22.2 Å². The highest BCUT2D eigenvalue weighted by molar-refractivity contribution is 7.98. The molecule has 0 aliphatic carbocycles. The van der Waals surface area contributed by atoms with Gasteiger partial charge >= 0.3 is 5.97 Å². The number of nitrogens with zero attached hydrogens (tertiary/aromatic N) is 3. The summed E-state index contributed by atoms with van der Waals surface area (Å²) < 4.78 is 1.50. The summed E-state index contributed by atoms with van der Waals surface area (Å²) in [6.07, 6.45) is 4.82. The van der Waals surface area contributed by atoms with Crippen LogP contribution in [0.5, 0.6) is 0 Å². The predicted molar refractivity (Wildman–Crippen MR) is 89.2 cm³/mol. The minimum absolute atomic E-state index is 0.0259. The van der Waals surface area contributed by atoms with Crippen LogP contribution >= 0.6 is 23.4 Å². The van der Waals surface area contributed by atoms with Gasteiger partial charge in [0, 0.05) is 17.1 Å². The first kappa shape index (κ1) is 15.6. The summed E-state index contributed by atoms with van der Waals surface area (Å²) in [6.45, 7) is 0. The third kappa shape index (κ3) is 2.62. The van der Waals surface area contributed by atoms with Gasteiger partial charge in [-0.1, -0.05) is 35.5 Å². The number of carbonyl (C=O) groups is 1. The highest BCUT2D eigenvalue weighted by atomic mass is 35.5. The van der Waals surface area contributed by atoms with Gasteiger partial charge in [-0.05, 0) is 12.3 Å². The molecule has 2 aromatic heterocycles. The van der Waals surface area contributed by atoms with Crippen LogP contribution in [-0.4, -0.2) is 39.1 Å². The molecule has 2 heterocycles. The molecule has 0 spiro atoms. The molecule has 0 aliphatic rings. The molecule has 1 N–H and O–H groups in total. The third-order valence-electron chi connectivity index (χ3n) is 3.38. The Morgan fingerprint density at radius 3 is 2.87 bits per heavy atom. The van der Waals surface area contributed by atoms with E-state index < -0.39 is 5.97 Å². The Kier molecular flexibility index (Phi) is 4.14. The number of hydrogen-bond donors (Lipinski definition) is 1. The van der Waals surface area contributed by atoms with Gasteiger partial charge in [0.2, 0.25) is 0 Å². The quantitative estimate of drug-likeness (QED) is 0.575. The molecule has 0 saturated carbocycles. The number of carboxylic acid groups (broad SMARTS) is 1. The topological polar surface area (TPSA) is 77.2 Å². The van der Waals surface area contributed by atoms with Gasteiger partial charge < -0.3 is 9.94 Å². The first-order valence-electron chi connectivity index (χ1n) is 6.55. The van der Waals surface area contributed by atoms with Gasteiger partial charge in [-0.25, -0.2) is 14.8 Å². The highest BCUT2D eigenvalue weighted by Crippen LogP contribution is 2.35. The number of aromatic carboxylic acids is 1. The summed E-state index contributed by atoms with van der Waals surface area (Å²) in [6, 6.07) is 5.39. The maximum Gasteiger partial charge on any atom is 0.339 e. The minimum atomic E-state index is -1.09. The Morgan fingerprint density at radius 2 is 2.22 bits per heavy atom. The molecule has 6 nitrogen and oxygen atoms in total. The van der Waals surface area contributed by atoms with E-state index in [1.165, 1.54) is 29.8 Å². The maximum absolute atomic E-state index is 11.5. The summed E-state index contributed by atoms with van der Waals surface area (Å²) in [5, 5.41) is 11.2. The van der Waals surface area contributed by atoms with E-state index in [9.17, 15) is 9.90 Å². The zero-order valence-electron chi connectivity index (χ0n) is 12.3. The van der Waals surface area contributed by atoms with Gasteiger partial charge in [-0.2, -0.15) is 4.73 Å². The lowest BCUT2D eigenvalue weighted by molar-refractivity contribution is 0.0696. The lowest BCUT2D eigenvalue weighted by Crippen LogP contribution is -2.05. The Bertz CT molecular complexity index is 910. The van der Waals surface area contributed by atoms with Crippen LogP contribution in [0.4, 0.5) is 0 Å². The number of benzene rings is 1. The molecule has 0 unspecified atom stereocenters. The van der Waals surface area contributed by atoms with Crippen LogP contribution in [0, 0.1) is 0 Å². The first-order valence-corrected chi connectivity index (χ1v) is 8.15. The Labute approximate surface area is 141 Å². The summed E-state index contributed by atoms with van der Waals surface area (Å²) in [4.78, 5) is 25.2. The minimum Gasteiger partial charge on any atom is -0.478 e. The molecule has 23 heavy (non-hydrogen) atoms. The molecule has 0 saturated heterocycles. The fourth-order valence-corrected chi connectivity index (χ4v) is 2.97. The zero-order valence-corrected chi connectivity index (χ0v) is 13.9. The van der Waals surface area contributed by atoms with Crippen molar-refractivity contribution in [1.82, 2.24) is 14.7 Å². The van der Waals surface area contributed by atoms with E-state index >= 15 is 0 Å².